The van der Waals surface area contributed by atoms with E-state index < -0.39 is 0 Å². The highest BCUT2D eigenvalue weighted by Gasteiger charge is 2.18. The summed E-state index contributed by atoms with van der Waals surface area (Å²) >= 11 is 5.94. The van der Waals surface area contributed by atoms with Crippen LogP contribution < -0.4 is 15.4 Å². The van der Waals surface area contributed by atoms with Gasteiger partial charge >= 0.3 is 0 Å². The Morgan fingerprint density at radius 3 is 2.83 bits per heavy atom. The first-order valence-corrected chi connectivity index (χ1v) is 10.6. The molecule has 7 heteroatoms. The maximum atomic E-state index is 12.5. The molecule has 6 nitrogen and oxygen atoms in total. The molecule has 2 aromatic rings. The highest BCUT2D eigenvalue weighted by molar-refractivity contribution is 6.30. The van der Waals surface area contributed by atoms with Crippen LogP contribution >= 0.6 is 11.6 Å². The molecule has 1 heterocycles. The summed E-state index contributed by atoms with van der Waals surface area (Å²) in [6.45, 7) is 3.56. The van der Waals surface area contributed by atoms with Crippen LogP contribution in [0.1, 0.15) is 41.6 Å². The molecule has 0 bridgehead atoms. The Morgan fingerprint density at radius 1 is 1.23 bits per heavy atom. The Morgan fingerprint density at radius 2 is 2.07 bits per heavy atom. The van der Waals surface area contributed by atoms with Crippen molar-refractivity contribution in [2.75, 3.05) is 25.1 Å². The Kier molecular flexibility index (Phi) is 8.11. The smallest absolute Gasteiger partial charge is 0.253 e. The van der Waals surface area contributed by atoms with E-state index in [1.807, 2.05) is 19.1 Å². The van der Waals surface area contributed by atoms with Crippen molar-refractivity contribution in [3.63, 3.8) is 0 Å². The maximum absolute atomic E-state index is 12.5. The zero-order chi connectivity index (χ0) is 21.3. The Hall–Kier alpha value is -2.57. The minimum absolute atomic E-state index is 0.0694. The van der Waals surface area contributed by atoms with Gasteiger partial charge in [0.15, 0.2) is 0 Å². The number of amides is 2. The fourth-order valence-corrected chi connectivity index (χ4v) is 3.53. The third kappa shape index (κ3) is 6.47. The zero-order valence-electron chi connectivity index (χ0n) is 17.1. The molecule has 1 saturated heterocycles. The van der Waals surface area contributed by atoms with Gasteiger partial charge in [-0.15, -0.1) is 0 Å². The number of ether oxygens (including phenoxy) is 2. The predicted octanol–water partition coefficient (Wildman–Crippen LogP) is 4.35. The zero-order valence-corrected chi connectivity index (χ0v) is 17.8. The molecule has 0 saturated carbocycles. The van der Waals surface area contributed by atoms with E-state index in [-0.39, 0.29) is 17.9 Å². The first kappa shape index (κ1) is 22.1. The van der Waals surface area contributed by atoms with Crippen LogP contribution in [0.5, 0.6) is 5.75 Å². The average molecular weight is 431 g/mol. The van der Waals surface area contributed by atoms with Crippen molar-refractivity contribution in [3.8, 4) is 5.75 Å². The standard InChI is InChI=1S/C23H27ClN2O4/c1-16-14-17(24)10-11-21(16)30-13-5-9-22(27)26-20-8-3-2-7-19(20)23(28)25-15-18-6-4-12-29-18/h2-3,7-8,10-11,14,18H,4-6,9,12-13,15H2,1H3,(H,25,28)(H,26,27)/t18-/m1/s1. The Bertz CT molecular complexity index is 881. The molecule has 2 amide bonds. The lowest BCUT2D eigenvalue weighted by Crippen LogP contribution is -2.32. The number of hydrogen-bond acceptors (Lipinski definition) is 4. The predicted molar refractivity (Wildman–Crippen MR) is 117 cm³/mol. The summed E-state index contributed by atoms with van der Waals surface area (Å²) in [5.41, 5.74) is 1.90. The third-order valence-electron chi connectivity index (χ3n) is 4.90. The summed E-state index contributed by atoms with van der Waals surface area (Å²) in [4.78, 5) is 24.9. The summed E-state index contributed by atoms with van der Waals surface area (Å²) in [5.74, 6) is 0.377. The second-order valence-corrected chi connectivity index (χ2v) is 7.74. The van der Waals surface area contributed by atoms with Gasteiger partial charge in [-0.05, 0) is 62.1 Å². The van der Waals surface area contributed by atoms with Crippen molar-refractivity contribution in [3.05, 3.63) is 58.6 Å². The molecular formula is C23H27ClN2O4. The number of aryl methyl sites for hydroxylation is 1. The summed E-state index contributed by atoms with van der Waals surface area (Å²) in [6, 6.07) is 12.4. The van der Waals surface area contributed by atoms with Gasteiger partial charge in [-0.1, -0.05) is 23.7 Å². The van der Waals surface area contributed by atoms with Gasteiger partial charge in [0.25, 0.3) is 5.91 Å². The minimum Gasteiger partial charge on any atom is -0.493 e. The summed E-state index contributed by atoms with van der Waals surface area (Å²) in [7, 11) is 0. The number of hydrogen-bond donors (Lipinski definition) is 2. The van der Waals surface area contributed by atoms with Crippen molar-refractivity contribution in [1.29, 1.82) is 0 Å². The number of carbonyl (C=O) groups excluding carboxylic acids is 2. The fraction of sp³-hybridized carbons (Fsp3) is 0.391. The normalized spacial score (nSPS) is 15.6. The first-order valence-electron chi connectivity index (χ1n) is 10.2. The van der Waals surface area contributed by atoms with Crippen molar-refractivity contribution < 1.29 is 19.1 Å². The van der Waals surface area contributed by atoms with Crippen LogP contribution in [0.3, 0.4) is 0 Å². The van der Waals surface area contributed by atoms with Crippen molar-refractivity contribution in [2.24, 2.45) is 0 Å². The molecule has 0 unspecified atom stereocenters. The van der Waals surface area contributed by atoms with Gasteiger partial charge in [0.1, 0.15) is 5.75 Å². The van der Waals surface area contributed by atoms with Crippen LogP contribution in [0.25, 0.3) is 0 Å². The lowest BCUT2D eigenvalue weighted by Gasteiger charge is -2.14. The van der Waals surface area contributed by atoms with Gasteiger partial charge in [-0.2, -0.15) is 0 Å². The van der Waals surface area contributed by atoms with E-state index in [1.165, 1.54) is 0 Å². The van der Waals surface area contributed by atoms with E-state index in [9.17, 15) is 9.59 Å². The summed E-state index contributed by atoms with van der Waals surface area (Å²) in [6.07, 6.45) is 2.89. The number of halogens is 1. The molecule has 3 rings (SSSR count). The third-order valence-corrected chi connectivity index (χ3v) is 5.14. The number of benzene rings is 2. The molecule has 0 aliphatic carbocycles. The van der Waals surface area contributed by atoms with Crippen molar-refractivity contribution in [1.82, 2.24) is 5.32 Å². The number of nitrogens with one attached hydrogen (secondary N) is 2. The van der Waals surface area contributed by atoms with E-state index in [2.05, 4.69) is 10.6 Å². The molecule has 160 valence electrons. The van der Waals surface area contributed by atoms with E-state index in [1.54, 1.807) is 30.3 Å². The molecule has 30 heavy (non-hydrogen) atoms. The van der Waals surface area contributed by atoms with E-state index in [0.717, 1.165) is 30.8 Å². The van der Waals surface area contributed by atoms with Crippen LogP contribution in [0.2, 0.25) is 5.02 Å². The van der Waals surface area contributed by atoms with E-state index >= 15 is 0 Å². The van der Waals surface area contributed by atoms with Crippen LogP contribution in [0, 0.1) is 6.92 Å². The van der Waals surface area contributed by atoms with Gasteiger partial charge in [0, 0.05) is 24.6 Å². The first-order chi connectivity index (χ1) is 14.5. The summed E-state index contributed by atoms with van der Waals surface area (Å²) < 4.78 is 11.3. The van der Waals surface area contributed by atoms with Crippen LogP contribution in [0.15, 0.2) is 42.5 Å². The number of carbonyl (C=O) groups is 2. The van der Waals surface area contributed by atoms with E-state index in [4.69, 9.17) is 21.1 Å². The average Bonchev–Trinajstić information content (AvgIpc) is 3.25. The Balaban J connectivity index is 1.45. The SMILES string of the molecule is Cc1cc(Cl)ccc1OCCCC(=O)Nc1ccccc1C(=O)NC[C@H]1CCCO1. The molecule has 1 aliphatic rings. The highest BCUT2D eigenvalue weighted by Crippen LogP contribution is 2.22. The van der Waals surface area contributed by atoms with Crippen LogP contribution in [-0.2, 0) is 9.53 Å². The topological polar surface area (TPSA) is 76.7 Å². The van der Waals surface area contributed by atoms with Gasteiger partial charge in [0.05, 0.1) is 24.0 Å². The molecule has 2 N–H and O–H groups in total. The second-order valence-electron chi connectivity index (χ2n) is 7.30. The quantitative estimate of drug-likeness (QED) is 0.579. The molecule has 2 aromatic carbocycles. The molecule has 0 aromatic heterocycles. The lowest BCUT2D eigenvalue weighted by molar-refractivity contribution is -0.116. The van der Waals surface area contributed by atoms with Gasteiger partial charge in [0.2, 0.25) is 5.91 Å². The lowest BCUT2D eigenvalue weighted by atomic mass is 10.1. The van der Waals surface area contributed by atoms with Crippen LogP contribution in [0.4, 0.5) is 5.69 Å². The molecule has 1 atom stereocenters. The highest BCUT2D eigenvalue weighted by atomic mass is 35.5. The summed E-state index contributed by atoms with van der Waals surface area (Å²) in [5, 5.41) is 6.39. The molecule has 1 aliphatic heterocycles. The molecule has 1 fully saturated rings. The fourth-order valence-electron chi connectivity index (χ4n) is 3.30. The number of anilines is 1. The van der Waals surface area contributed by atoms with Crippen molar-refractivity contribution in [2.45, 2.75) is 38.7 Å². The van der Waals surface area contributed by atoms with Gasteiger partial charge in [-0.25, -0.2) is 0 Å². The largest absolute Gasteiger partial charge is 0.493 e. The second kappa shape index (κ2) is 11.0. The van der Waals surface area contributed by atoms with Crippen LogP contribution in [-0.4, -0.2) is 37.7 Å². The molecular weight excluding hydrogens is 404 g/mol. The number of rotatable bonds is 9. The monoisotopic (exact) mass is 430 g/mol. The molecule has 0 radical (unpaired) electrons. The minimum atomic E-state index is -0.219. The maximum Gasteiger partial charge on any atom is 0.253 e. The molecule has 0 spiro atoms. The van der Waals surface area contributed by atoms with Gasteiger partial charge in [-0.3, -0.25) is 9.59 Å². The number of para-hydroxylation sites is 1. The van der Waals surface area contributed by atoms with Crippen molar-refractivity contribution >= 4 is 29.1 Å². The van der Waals surface area contributed by atoms with E-state index in [0.29, 0.717) is 42.3 Å². The van der Waals surface area contributed by atoms with Gasteiger partial charge < -0.3 is 20.1 Å². The Labute approximate surface area is 181 Å².